The second-order valence-corrected chi connectivity index (χ2v) is 4.19. The van der Waals surface area contributed by atoms with Gasteiger partial charge in [-0.05, 0) is 6.42 Å². The third kappa shape index (κ3) is 2.82. The molecule has 1 aromatic rings. The SMILES string of the molecule is O=C(O)CCC(CC(=O)O)(C(=O)O)n1c(O)ccc1O. The molecule has 1 unspecified atom stereocenters. The van der Waals surface area contributed by atoms with E-state index in [2.05, 4.69) is 0 Å². The highest BCUT2D eigenvalue weighted by molar-refractivity contribution is 5.84. The number of rotatable bonds is 7. The van der Waals surface area contributed by atoms with Gasteiger partial charge in [0.05, 0.1) is 6.42 Å². The van der Waals surface area contributed by atoms with E-state index in [1.54, 1.807) is 0 Å². The minimum Gasteiger partial charge on any atom is -0.494 e. The lowest BCUT2D eigenvalue weighted by Gasteiger charge is -2.30. The Morgan fingerprint density at radius 3 is 1.85 bits per heavy atom. The van der Waals surface area contributed by atoms with Crippen LogP contribution in [0.3, 0.4) is 0 Å². The molecule has 0 spiro atoms. The van der Waals surface area contributed by atoms with Gasteiger partial charge in [0.25, 0.3) is 0 Å². The third-order valence-corrected chi connectivity index (χ3v) is 2.86. The predicted octanol–water partition coefficient (Wildman–Crippen LogP) is 0.0187. The summed E-state index contributed by atoms with van der Waals surface area (Å²) in [5.74, 6) is -5.84. The van der Waals surface area contributed by atoms with E-state index in [9.17, 15) is 29.7 Å². The first-order valence-corrected chi connectivity index (χ1v) is 5.48. The van der Waals surface area contributed by atoms with Crippen LogP contribution in [-0.4, -0.2) is 48.0 Å². The fourth-order valence-electron chi connectivity index (χ4n) is 1.98. The molecular weight excluding hydrogens is 274 g/mol. The Balaban J connectivity index is 3.40. The number of aromatic nitrogens is 1. The Morgan fingerprint density at radius 2 is 1.50 bits per heavy atom. The van der Waals surface area contributed by atoms with Crippen molar-refractivity contribution >= 4 is 17.9 Å². The number of hydrogen-bond donors (Lipinski definition) is 5. The van der Waals surface area contributed by atoms with Crippen LogP contribution in [0.2, 0.25) is 0 Å². The van der Waals surface area contributed by atoms with Crippen LogP contribution in [0.5, 0.6) is 11.8 Å². The van der Waals surface area contributed by atoms with Crippen molar-refractivity contribution in [2.24, 2.45) is 0 Å². The standard InChI is InChI=1S/C11H13NO8/c13-6-1-2-7(14)12(6)11(10(19)20,5-9(17)18)4-3-8(15)16/h1-2,13-14H,3-5H2,(H,15,16)(H,17,18)(H,19,20). The summed E-state index contributed by atoms with van der Waals surface area (Å²) in [5.41, 5.74) is -2.29. The summed E-state index contributed by atoms with van der Waals surface area (Å²) >= 11 is 0. The van der Waals surface area contributed by atoms with E-state index in [0.717, 1.165) is 12.1 Å². The summed E-state index contributed by atoms with van der Waals surface area (Å²) in [4.78, 5) is 33.0. The van der Waals surface area contributed by atoms with Crippen LogP contribution < -0.4 is 0 Å². The van der Waals surface area contributed by atoms with E-state index >= 15 is 0 Å². The van der Waals surface area contributed by atoms with Gasteiger partial charge in [-0.1, -0.05) is 0 Å². The topological polar surface area (TPSA) is 157 Å². The molecular formula is C11H13NO8. The number of carbonyl (C=O) groups is 3. The van der Waals surface area contributed by atoms with Crippen LogP contribution in [0.1, 0.15) is 19.3 Å². The molecule has 0 aromatic carbocycles. The van der Waals surface area contributed by atoms with Crippen LogP contribution in [0.25, 0.3) is 0 Å². The first-order chi connectivity index (χ1) is 9.20. The zero-order valence-corrected chi connectivity index (χ0v) is 10.2. The largest absolute Gasteiger partial charge is 0.494 e. The van der Waals surface area contributed by atoms with Crippen molar-refractivity contribution in [2.75, 3.05) is 0 Å². The van der Waals surface area contributed by atoms with Crippen LogP contribution >= 0.6 is 0 Å². The van der Waals surface area contributed by atoms with Crippen molar-refractivity contribution in [1.29, 1.82) is 0 Å². The van der Waals surface area contributed by atoms with E-state index in [1.807, 2.05) is 0 Å². The lowest BCUT2D eigenvalue weighted by molar-refractivity contribution is -0.156. The minimum absolute atomic E-state index is 0.506. The highest BCUT2D eigenvalue weighted by Crippen LogP contribution is 2.37. The lowest BCUT2D eigenvalue weighted by atomic mass is 9.89. The zero-order valence-electron chi connectivity index (χ0n) is 10.2. The summed E-state index contributed by atoms with van der Waals surface area (Å²) < 4.78 is 0.506. The van der Waals surface area contributed by atoms with Crippen LogP contribution in [0.15, 0.2) is 12.1 Å². The van der Waals surface area contributed by atoms with E-state index in [4.69, 9.17) is 10.2 Å². The van der Waals surface area contributed by atoms with Gasteiger partial charge < -0.3 is 25.5 Å². The molecule has 1 aromatic heterocycles. The van der Waals surface area contributed by atoms with Gasteiger partial charge in [-0.15, -0.1) is 0 Å². The molecule has 0 aliphatic rings. The lowest BCUT2D eigenvalue weighted by Crippen LogP contribution is -2.44. The highest BCUT2D eigenvalue weighted by atomic mass is 16.4. The summed E-state index contributed by atoms with van der Waals surface area (Å²) in [7, 11) is 0. The van der Waals surface area contributed by atoms with Crippen molar-refractivity contribution in [3.8, 4) is 11.8 Å². The van der Waals surface area contributed by atoms with E-state index in [1.165, 1.54) is 0 Å². The molecule has 0 bridgehead atoms. The highest BCUT2D eigenvalue weighted by Gasteiger charge is 2.45. The maximum Gasteiger partial charge on any atom is 0.330 e. The maximum absolute atomic E-state index is 11.5. The Hall–Kier alpha value is -2.71. The molecule has 0 amide bonds. The number of nitrogens with zero attached hydrogens (tertiary/aromatic N) is 1. The summed E-state index contributed by atoms with van der Waals surface area (Å²) in [5, 5.41) is 46.0. The summed E-state index contributed by atoms with van der Waals surface area (Å²) in [6.07, 6.45) is -2.25. The van der Waals surface area contributed by atoms with Crippen molar-refractivity contribution < 1.29 is 39.9 Å². The second kappa shape index (κ2) is 5.51. The monoisotopic (exact) mass is 287 g/mol. The number of aliphatic carboxylic acids is 3. The van der Waals surface area contributed by atoms with Gasteiger partial charge in [-0.25, -0.2) is 4.79 Å². The quantitative estimate of drug-likeness (QED) is 0.469. The van der Waals surface area contributed by atoms with Gasteiger partial charge in [0.15, 0.2) is 17.3 Å². The molecule has 0 fully saturated rings. The zero-order chi connectivity index (χ0) is 15.5. The second-order valence-electron chi connectivity index (χ2n) is 4.19. The molecule has 5 N–H and O–H groups in total. The Kier molecular flexibility index (Phi) is 4.23. The van der Waals surface area contributed by atoms with Crippen LogP contribution in [-0.2, 0) is 19.9 Å². The van der Waals surface area contributed by atoms with Gasteiger partial charge in [-0.2, -0.15) is 0 Å². The van der Waals surface area contributed by atoms with Gasteiger partial charge >= 0.3 is 17.9 Å². The van der Waals surface area contributed by atoms with Crippen molar-refractivity contribution in [2.45, 2.75) is 24.8 Å². The molecule has 9 nitrogen and oxygen atoms in total. The fraction of sp³-hybridized carbons (Fsp3) is 0.364. The first kappa shape index (κ1) is 15.3. The molecule has 1 atom stereocenters. The van der Waals surface area contributed by atoms with E-state index in [-0.39, 0.29) is 0 Å². The van der Waals surface area contributed by atoms with Crippen LogP contribution in [0.4, 0.5) is 0 Å². The molecule has 20 heavy (non-hydrogen) atoms. The number of carboxylic acid groups (broad SMARTS) is 3. The summed E-state index contributed by atoms with van der Waals surface area (Å²) in [6.45, 7) is 0. The van der Waals surface area contributed by atoms with Gasteiger partial charge in [0.2, 0.25) is 0 Å². The summed E-state index contributed by atoms with van der Waals surface area (Å²) in [6, 6.07) is 1.96. The molecule has 0 saturated heterocycles. The van der Waals surface area contributed by atoms with Gasteiger partial charge in [0.1, 0.15) is 0 Å². The Labute approximate surface area is 112 Å². The molecule has 1 heterocycles. The normalized spacial score (nSPS) is 13.6. The third-order valence-electron chi connectivity index (χ3n) is 2.86. The molecule has 1 rings (SSSR count). The Morgan fingerprint density at radius 1 is 1.00 bits per heavy atom. The number of hydrogen-bond acceptors (Lipinski definition) is 5. The smallest absolute Gasteiger partial charge is 0.330 e. The molecule has 0 aliphatic heterocycles. The predicted molar refractivity (Wildman–Crippen MR) is 62.5 cm³/mol. The minimum atomic E-state index is -2.29. The fourth-order valence-corrected chi connectivity index (χ4v) is 1.98. The Bertz CT molecular complexity index is 529. The molecule has 110 valence electrons. The number of carboxylic acids is 3. The van der Waals surface area contributed by atoms with Gasteiger partial charge in [0, 0.05) is 18.6 Å². The van der Waals surface area contributed by atoms with E-state index in [0.29, 0.717) is 4.57 Å². The van der Waals surface area contributed by atoms with Gasteiger partial charge in [-0.3, -0.25) is 14.2 Å². The molecule has 0 radical (unpaired) electrons. The maximum atomic E-state index is 11.5. The van der Waals surface area contributed by atoms with Crippen LogP contribution in [0, 0.1) is 0 Å². The van der Waals surface area contributed by atoms with Crippen molar-refractivity contribution in [3.63, 3.8) is 0 Å². The first-order valence-electron chi connectivity index (χ1n) is 5.48. The van der Waals surface area contributed by atoms with Crippen molar-refractivity contribution in [1.82, 2.24) is 4.57 Å². The molecule has 0 saturated carbocycles. The molecule has 0 aliphatic carbocycles. The van der Waals surface area contributed by atoms with E-state index < -0.39 is 54.5 Å². The average molecular weight is 287 g/mol. The molecule has 9 heteroatoms. The average Bonchev–Trinajstić information content (AvgIpc) is 2.64. The number of aromatic hydroxyl groups is 2. The van der Waals surface area contributed by atoms with Crippen molar-refractivity contribution in [3.05, 3.63) is 12.1 Å².